The summed E-state index contributed by atoms with van der Waals surface area (Å²) in [6.07, 6.45) is 1.02. The first-order chi connectivity index (χ1) is 6.02. The van der Waals surface area contributed by atoms with Gasteiger partial charge in [-0.25, -0.2) is 0 Å². The molecule has 0 aromatic carbocycles. The Morgan fingerprint density at radius 1 is 1.54 bits per heavy atom. The molecule has 1 N–H and O–H groups in total. The van der Waals surface area contributed by atoms with Crippen molar-refractivity contribution in [2.45, 2.75) is 33.7 Å². The molecule has 0 saturated heterocycles. The fourth-order valence-electron chi connectivity index (χ4n) is 1.13. The summed E-state index contributed by atoms with van der Waals surface area (Å²) >= 11 is 3.24. The van der Waals surface area contributed by atoms with Crippen LogP contribution in [0.15, 0.2) is 9.27 Å². The van der Waals surface area contributed by atoms with Crippen molar-refractivity contribution >= 4 is 15.9 Å². The fraction of sp³-hybridized carbons (Fsp3) is 0.667. The monoisotopic (exact) mass is 246 g/mol. The first-order valence-electron chi connectivity index (χ1n) is 4.47. The van der Waals surface area contributed by atoms with Gasteiger partial charge in [-0.1, -0.05) is 13.8 Å². The maximum absolute atomic E-state index is 11.5. The zero-order valence-electron chi connectivity index (χ0n) is 8.22. The molecule has 0 aliphatic heterocycles. The standard InChI is InChI=1S/C9H15BrN2O/c1-6(2)4-5-12-9(13)8(10)7(3)11-12/h6,11H,4-5H2,1-3H3. The highest BCUT2D eigenvalue weighted by atomic mass is 79.9. The zero-order valence-corrected chi connectivity index (χ0v) is 9.81. The molecular weight excluding hydrogens is 232 g/mol. The third-order valence-corrected chi connectivity index (χ3v) is 2.93. The molecule has 0 bridgehead atoms. The van der Waals surface area contributed by atoms with Gasteiger partial charge in [0.1, 0.15) is 4.47 Å². The molecule has 4 heteroatoms. The van der Waals surface area contributed by atoms with Gasteiger partial charge in [0.15, 0.2) is 0 Å². The van der Waals surface area contributed by atoms with Crippen molar-refractivity contribution in [3.05, 3.63) is 20.5 Å². The molecule has 0 amide bonds. The second-order valence-electron chi connectivity index (χ2n) is 3.69. The van der Waals surface area contributed by atoms with Gasteiger partial charge in [-0.05, 0) is 35.2 Å². The van der Waals surface area contributed by atoms with Crippen LogP contribution in [0.1, 0.15) is 26.0 Å². The maximum atomic E-state index is 11.5. The molecule has 1 rings (SSSR count). The Kier molecular flexibility index (Phi) is 3.36. The molecule has 0 fully saturated rings. The number of hydrogen-bond donors (Lipinski definition) is 1. The number of rotatable bonds is 3. The minimum Gasteiger partial charge on any atom is -0.299 e. The molecule has 3 nitrogen and oxygen atoms in total. The highest BCUT2D eigenvalue weighted by Gasteiger charge is 2.07. The second kappa shape index (κ2) is 4.13. The smallest absolute Gasteiger partial charge is 0.281 e. The van der Waals surface area contributed by atoms with Gasteiger partial charge in [0.25, 0.3) is 5.56 Å². The zero-order chi connectivity index (χ0) is 10.0. The summed E-state index contributed by atoms with van der Waals surface area (Å²) in [7, 11) is 0. The summed E-state index contributed by atoms with van der Waals surface area (Å²) in [5.41, 5.74) is 0.937. The van der Waals surface area contributed by atoms with E-state index in [1.807, 2.05) is 6.92 Å². The first kappa shape index (κ1) is 10.6. The number of aromatic amines is 1. The van der Waals surface area contributed by atoms with Gasteiger partial charge in [-0.15, -0.1) is 0 Å². The summed E-state index contributed by atoms with van der Waals surface area (Å²) in [6.45, 7) is 6.95. The van der Waals surface area contributed by atoms with Crippen LogP contribution in [-0.2, 0) is 6.54 Å². The van der Waals surface area contributed by atoms with Crippen molar-refractivity contribution in [1.82, 2.24) is 9.78 Å². The molecule has 0 aliphatic rings. The lowest BCUT2D eigenvalue weighted by atomic mass is 10.1. The first-order valence-corrected chi connectivity index (χ1v) is 5.26. The SMILES string of the molecule is Cc1[nH]n(CCC(C)C)c(=O)c1Br. The number of aromatic nitrogens is 2. The molecular formula is C9H15BrN2O. The van der Waals surface area contributed by atoms with Gasteiger partial charge >= 0.3 is 0 Å². The van der Waals surface area contributed by atoms with E-state index in [0.29, 0.717) is 10.4 Å². The minimum absolute atomic E-state index is 0.0400. The van der Waals surface area contributed by atoms with Crippen LogP contribution in [0.3, 0.4) is 0 Å². The second-order valence-corrected chi connectivity index (χ2v) is 4.48. The Morgan fingerprint density at radius 3 is 2.54 bits per heavy atom. The van der Waals surface area contributed by atoms with Crippen molar-refractivity contribution in [3.63, 3.8) is 0 Å². The van der Waals surface area contributed by atoms with Crippen molar-refractivity contribution in [2.75, 3.05) is 0 Å². The third kappa shape index (κ3) is 2.46. The Bertz CT molecular complexity index is 338. The highest BCUT2D eigenvalue weighted by molar-refractivity contribution is 9.10. The maximum Gasteiger partial charge on any atom is 0.281 e. The summed E-state index contributed by atoms with van der Waals surface area (Å²) in [5, 5.41) is 3.03. The van der Waals surface area contributed by atoms with E-state index in [1.165, 1.54) is 0 Å². The van der Waals surface area contributed by atoms with E-state index in [1.54, 1.807) is 4.68 Å². The summed E-state index contributed by atoms with van der Waals surface area (Å²) in [4.78, 5) is 11.5. The van der Waals surface area contributed by atoms with Gasteiger partial charge in [-0.2, -0.15) is 0 Å². The predicted octanol–water partition coefficient (Wildman–Crippen LogP) is 2.29. The third-order valence-electron chi connectivity index (χ3n) is 1.99. The Morgan fingerprint density at radius 2 is 2.15 bits per heavy atom. The molecule has 0 radical (unpaired) electrons. The van der Waals surface area contributed by atoms with E-state index in [-0.39, 0.29) is 5.56 Å². The Labute approximate surface area is 86.3 Å². The Balaban J connectivity index is 2.79. The average molecular weight is 247 g/mol. The van der Waals surface area contributed by atoms with Gasteiger partial charge in [0.2, 0.25) is 0 Å². The minimum atomic E-state index is 0.0400. The number of nitrogens with one attached hydrogen (secondary N) is 1. The number of halogens is 1. The quantitative estimate of drug-likeness (QED) is 0.874. The molecule has 74 valence electrons. The van der Waals surface area contributed by atoms with Crippen molar-refractivity contribution in [2.24, 2.45) is 5.92 Å². The molecule has 1 aromatic rings. The normalized spacial score (nSPS) is 11.2. The van der Waals surface area contributed by atoms with E-state index in [2.05, 4.69) is 34.9 Å². The van der Waals surface area contributed by atoms with Crippen molar-refractivity contribution < 1.29 is 0 Å². The van der Waals surface area contributed by atoms with Crippen LogP contribution in [-0.4, -0.2) is 9.78 Å². The molecule has 0 aliphatic carbocycles. The summed E-state index contributed by atoms with van der Waals surface area (Å²) in [5.74, 6) is 0.620. The van der Waals surface area contributed by atoms with Crippen LogP contribution >= 0.6 is 15.9 Å². The van der Waals surface area contributed by atoms with Crippen LogP contribution in [0.5, 0.6) is 0 Å². The molecule has 0 atom stereocenters. The van der Waals surface area contributed by atoms with E-state index in [0.717, 1.165) is 18.7 Å². The lowest BCUT2D eigenvalue weighted by molar-refractivity contribution is 0.477. The van der Waals surface area contributed by atoms with Gasteiger partial charge in [0.05, 0.1) is 0 Å². The number of aryl methyl sites for hydroxylation is 2. The summed E-state index contributed by atoms with van der Waals surface area (Å²) in [6, 6.07) is 0. The lowest BCUT2D eigenvalue weighted by Gasteiger charge is -2.03. The van der Waals surface area contributed by atoms with Crippen LogP contribution in [0.25, 0.3) is 0 Å². The number of hydrogen-bond acceptors (Lipinski definition) is 1. The van der Waals surface area contributed by atoms with E-state index in [9.17, 15) is 4.79 Å². The van der Waals surface area contributed by atoms with Crippen LogP contribution < -0.4 is 5.56 Å². The molecule has 1 heterocycles. The van der Waals surface area contributed by atoms with Gasteiger partial charge in [0, 0.05) is 12.2 Å². The lowest BCUT2D eigenvalue weighted by Crippen LogP contribution is -2.17. The van der Waals surface area contributed by atoms with Crippen LogP contribution in [0, 0.1) is 12.8 Å². The molecule has 13 heavy (non-hydrogen) atoms. The topological polar surface area (TPSA) is 37.8 Å². The molecule has 0 saturated carbocycles. The van der Waals surface area contributed by atoms with E-state index < -0.39 is 0 Å². The van der Waals surface area contributed by atoms with Crippen molar-refractivity contribution in [1.29, 1.82) is 0 Å². The molecule has 0 spiro atoms. The van der Waals surface area contributed by atoms with Crippen LogP contribution in [0.4, 0.5) is 0 Å². The average Bonchev–Trinajstić information content (AvgIpc) is 2.29. The van der Waals surface area contributed by atoms with Crippen molar-refractivity contribution in [3.8, 4) is 0 Å². The van der Waals surface area contributed by atoms with Gasteiger partial charge in [-0.3, -0.25) is 14.6 Å². The Hall–Kier alpha value is -0.510. The van der Waals surface area contributed by atoms with E-state index >= 15 is 0 Å². The van der Waals surface area contributed by atoms with Crippen LogP contribution in [0.2, 0.25) is 0 Å². The number of nitrogens with zero attached hydrogens (tertiary/aromatic N) is 1. The highest BCUT2D eigenvalue weighted by Crippen LogP contribution is 2.08. The fourth-order valence-corrected chi connectivity index (χ4v) is 1.43. The van der Waals surface area contributed by atoms with E-state index in [4.69, 9.17) is 0 Å². The largest absolute Gasteiger partial charge is 0.299 e. The van der Waals surface area contributed by atoms with Gasteiger partial charge < -0.3 is 0 Å². The number of H-pyrrole nitrogens is 1. The predicted molar refractivity (Wildman–Crippen MR) is 56.9 cm³/mol. The molecule has 0 unspecified atom stereocenters. The summed E-state index contributed by atoms with van der Waals surface area (Å²) < 4.78 is 2.30. The molecule has 1 aromatic heterocycles.